The number of aromatic amines is 1. The lowest BCUT2D eigenvalue weighted by molar-refractivity contribution is 0.0933. The maximum Gasteiger partial charge on any atom is 0.272 e. The number of nitrogens with one attached hydrogen (secondary N) is 3. The Hall–Kier alpha value is -2.54. The summed E-state index contributed by atoms with van der Waals surface area (Å²) in [5, 5.41) is 13.5. The summed E-state index contributed by atoms with van der Waals surface area (Å²) in [5.74, 6) is 1.80. The molecule has 1 aliphatic rings. The normalized spacial score (nSPS) is 14.5. The predicted molar refractivity (Wildman–Crippen MR) is 108 cm³/mol. The summed E-state index contributed by atoms with van der Waals surface area (Å²) in [6.07, 6.45) is 1.85. The molecule has 7 heteroatoms. The zero-order chi connectivity index (χ0) is 20.1. The van der Waals surface area contributed by atoms with E-state index in [0.29, 0.717) is 30.5 Å². The van der Waals surface area contributed by atoms with Gasteiger partial charge in [-0.1, -0.05) is 19.9 Å². The molecule has 3 rings (SSSR count). The number of benzene rings is 1. The third kappa shape index (κ3) is 4.65. The van der Waals surface area contributed by atoms with Gasteiger partial charge in [0, 0.05) is 30.8 Å². The standard InChI is InChI=1S/C21H30N4O3/c1-13(2)8-10-28-18-6-5-15(11-19(18)27-4)14(3)23-21(26)20-16-12-22-9-7-17(16)24-25-20/h5-6,11,13-14,22H,7-10,12H2,1-4H3,(H,23,26)(H,24,25). The van der Waals surface area contributed by atoms with Gasteiger partial charge in [0.25, 0.3) is 5.91 Å². The number of carbonyl (C=O) groups is 1. The van der Waals surface area contributed by atoms with Crippen molar-refractivity contribution in [1.29, 1.82) is 0 Å². The maximum absolute atomic E-state index is 12.7. The number of H-pyrrole nitrogens is 1. The molecule has 2 heterocycles. The fraction of sp³-hybridized carbons (Fsp3) is 0.524. The van der Waals surface area contributed by atoms with Gasteiger partial charge in [0.2, 0.25) is 0 Å². The average molecular weight is 386 g/mol. The van der Waals surface area contributed by atoms with E-state index in [2.05, 4.69) is 34.7 Å². The molecule has 28 heavy (non-hydrogen) atoms. The number of rotatable bonds is 8. The van der Waals surface area contributed by atoms with E-state index in [0.717, 1.165) is 42.0 Å². The molecule has 1 atom stereocenters. The zero-order valence-corrected chi connectivity index (χ0v) is 17.1. The van der Waals surface area contributed by atoms with E-state index >= 15 is 0 Å². The summed E-state index contributed by atoms with van der Waals surface area (Å²) in [4.78, 5) is 12.7. The molecule has 0 aliphatic carbocycles. The first-order chi connectivity index (χ1) is 13.5. The highest BCUT2D eigenvalue weighted by atomic mass is 16.5. The van der Waals surface area contributed by atoms with Gasteiger partial charge in [-0.3, -0.25) is 9.89 Å². The van der Waals surface area contributed by atoms with Crippen LogP contribution >= 0.6 is 0 Å². The van der Waals surface area contributed by atoms with Crippen LogP contribution in [0.3, 0.4) is 0 Å². The Morgan fingerprint density at radius 3 is 2.86 bits per heavy atom. The summed E-state index contributed by atoms with van der Waals surface area (Å²) in [6, 6.07) is 5.59. The van der Waals surface area contributed by atoms with E-state index in [9.17, 15) is 4.79 Å². The minimum absolute atomic E-state index is 0.176. The van der Waals surface area contributed by atoms with E-state index in [1.807, 2.05) is 25.1 Å². The van der Waals surface area contributed by atoms with Gasteiger partial charge in [-0.2, -0.15) is 5.10 Å². The van der Waals surface area contributed by atoms with Crippen molar-refractivity contribution in [1.82, 2.24) is 20.8 Å². The van der Waals surface area contributed by atoms with Crippen LogP contribution in [0.15, 0.2) is 18.2 Å². The molecule has 0 saturated heterocycles. The first-order valence-electron chi connectivity index (χ1n) is 9.88. The van der Waals surface area contributed by atoms with Gasteiger partial charge in [-0.25, -0.2) is 0 Å². The lowest BCUT2D eigenvalue weighted by Crippen LogP contribution is -2.30. The van der Waals surface area contributed by atoms with Crippen LogP contribution in [0, 0.1) is 5.92 Å². The quantitative estimate of drug-likeness (QED) is 0.649. The molecule has 1 aromatic carbocycles. The van der Waals surface area contributed by atoms with Crippen LogP contribution in [-0.4, -0.2) is 36.4 Å². The summed E-state index contributed by atoms with van der Waals surface area (Å²) < 4.78 is 11.3. The van der Waals surface area contributed by atoms with Crippen LogP contribution in [0.1, 0.15) is 60.5 Å². The second-order valence-electron chi connectivity index (χ2n) is 7.59. The van der Waals surface area contributed by atoms with Gasteiger partial charge in [0.05, 0.1) is 19.8 Å². The van der Waals surface area contributed by atoms with Gasteiger partial charge in [-0.05, 0) is 37.0 Å². The van der Waals surface area contributed by atoms with Crippen LogP contribution in [0.25, 0.3) is 0 Å². The van der Waals surface area contributed by atoms with Crippen molar-refractivity contribution in [2.45, 2.75) is 46.2 Å². The summed E-state index contributed by atoms with van der Waals surface area (Å²) in [5.41, 5.74) is 3.42. The van der Waals surface area contributed by atoms with Crippen LogP contribution in [0.5, 0.6) is 11.5 Å². The molecule has 0 fully saturated rings. The summed E-state index contributed by atoms with van der Waals surface area (Å²) in [7, 11) is 1.63. The van der Waals surface area contributed by atoms with Gasteiger partial charge < -0.3 is 20.1 Å². The fourth-order valence-corrected chi connectivity index (χ4v) is 3.24. The van der Waals surface area contributed by atoms with Gasteiger partial charge >= 0.3 is 0 Å². The molecule has 0 saturated carbocycles. The molecule has 0 radical (unpaired) electrons. The second kappa shape index (κ2) is 9.10. The van der Waals surface area contributed by atoms with Crippen molar-refractivity contribution >= 4 is 5.91 Å². The molecular weight excluding hydrogens is 356 g/mol. The highest BCUT2D eigenvalue weighted by molar-refractivity contribution is 5.94. The molecule has 7 nitrogen and oxygen atoms in total. The van der Waals surface area contributed by atoms with Crippen molar-refractivity contribution in [3.05, 3.63) is 40.7 Å². The van der Waals surface area contributed by atoms with E-state index in [-0.39, 0.29) is 11.9 Å². The molecule has 1 unspecified atom stereocenters. The number of amides is 1. The van der Waals surface area contributed by atoms with Crippen LogP contribution in [0.4, 0.5) is 0 Å². The molecular formula is C21H30N4O3. The first kappa shape index (κ1) is 20.2. The third-order valence-electron chi connectivity index (χ3n) is 5.01. The molecule has 0 spiro atoms. The topological polar surface area (TPSA) is 88.3 Å². The Bertz CT molecular complexity index is 816. The largest absolute Gasteiger partial charge is 0.493 e. The number of fused-ring (bicyclic) bond motifs is 1. The molecule has 2 aromatic rings. The molecule has 1 aromatic heterocycles. The Morgan fingerprint density at radius 1 is 1.29 bits per heavy atom. The van der Waals surface area contributed by atoms with E-state index in [1.165, 1.54) is 0 Å². The SMILES string of the molecule is COc1cc(C(C)NC(=O)c2n[nH]c3c2CNCC3)ccc1OCCC(C)C. The zero-order valence-electron chi connectivity index (χ0n) is 17.1. The predicted octanol–water partition coefficient (Wildman–Crippen LogP) is 2.98. The minimum atomic E-state index is -0.185. The first-order valence-corrected chi connectivity index (χ1v) is 9.88. The van der Waals surface area contributed by atoms with E-state index < -0.39 is 0 Å². The number of hydrogen-bond acceptors (Lipinski definition) is 5. The Kier molecular flexibility index (Phi) is 6.57. The number of ether oxygens (including phenoxy) is 2. The number of nitrogens with zero attached hydrogens (tertiary/aromatic N) is 1. The molecule has 1 amide bonds. The van der Waals surface area contributed by atoms with Gasteiger partial charge in [0.15, 0.2) is 17.2 Å². The number of aromatic nitrogens is 2. The number of hydrogen-bond donors (Lipinski definition) is 3. The third-order valence-corrected chi connectivity index (χ3v) is 5.01. The van der Waals surface area contributed by atoms with Crippen molar-refractivity contribution in [2.75, 3.05) is 20.3 Å². The second-order valence-corrected chi connectivity index (χ2v) is 7.59. The van der Waals surface area contributed by atoms with E-state index in [1.54, 1.807) is 7.11 Å². The summed E-state index contributed by atoms with van der Waals surface area (Å²) in [6.45, 7) is 8.50. The van der Waals surface area contributed by atoms with Crippen LogP contribution < -0.4 is 20.1 Å². The Balaban J connectivity index is 1.67. The lowest BCUT2D eigenvalue weighted by atomic mass is 10.1. The van der Waals surface area contributed by atoms with Crippen LogP contribution in [0.2, 0.25) is 0 Å². The Morgan fingerprint density at radius 2 is 2.11 bits per heavy atom. The van der Waals surface area contributed by atoms with Crippen molar-refractivity contribution in [2.24, 2.45) is 5.92 Å². The van der Waals surface area contributed by atoms with Gasteiger partial charge in [-0.15, -0.1) is 0 Å². The lowest BCUT2D eigenvalue weighted by Gasteiger charge is -2.18. The molecule has 3 N–H and O–H groups in total. The van der Waals surface area contributed by atoms with Crippen molar-refractivity contribution in [3.8, 4) is 11.5 Å². The highest BCUT2D eigenvalue weighted by Crippen LogP contribution is 2.30. The monoisotopic (exact) mass is 386 g/mol. The molecule has 1 aliphatic heterocycles. The smallest absolute Gasteiger partial charge is 0.272 e. The Labute approximate surface area is 166 Å². The number of carbonyl (C=O) groups excluding carboxylic acids is 1. The molecule has 152 valence electrons. The van der Waals surface area contributed by atoms with Crippen molar-refractivity contribution < 1.29 is 14.3 Å². The fourth-order valence-electron chi connectivity index (χ4n) is 3.24. The minimum Gasteiger partial charge on any atom is -0.493 e. The van der Waals surface area contributed by atoms with Crippen LogP contribution in [-0.2, 0) is 13.0 Å². The summed E-state index contributed by atoms with van der Waals surface area (Å²) >= 11 is 0. The molecule has 0 bridgehead atoms. The average Bonchev–Trinajstić information content (AvgIpc) is 3.12. The highest BCUT2D eigenvalue weighted by Gasteiger charge is 2.23. The van der Waals surface area contributed by atoms with Gasteiger partial charge in [0.1, 0.15) is 0 Å². The maximum atomic E-state index is 12.7. The van der Waals surface area contributed by atoms with E-state index in [4.69, 9.17) is 9.47 Å². The number of methoxy groups -OCH3 is 1. The van der Waals surface area contributed by atoms with Crippen molar-refractivity contribution in [3.63, 3.8) is 0 Å².